The molecule has 1 aromatic carbocycles. The van der Waals surface area contributed by atoms with Crippen LogP contribution in [0.25, 0.3) is 0 Å². The zero-order chi connectivity index (χ0) is 15.2. The molecule has 0 radical (unpaired) electrons. The molecule has 4 nitrogen and oxygen atoms in total. The third-order valence-electron chi connectivity index (χ3n) is 2.81. The number of benzene rings is 1. The summed E-state index contributed by atoms with van der Waals surface area (Å²) >= 11 is 0. The molecule has 3 N–H and O–H groups in total. The monoisotopic (exact) mass is 405 g/mol. The van der Waals surface area contributed by atoms with Gasteiger partial charge in [-0.3, -0.25) is 0 Å². The first-order chi connectivity index (χ1) is 9.31. The lowest BCUT2D eigenvalue weighted by Gasteiger charge is -2.22. The summed E-state index contributed by atoms with van der Waals surface area (Å²) < 4.78 is 5.98. The van der Waals surface area contributed by atoms with E-state index in [2.05, 4.69) is 38.0 Å². The standard InChI is InChI=1S/C16H27N3O.HI/c1-6-13(11-18-15(17)19-16(3,4)5)20-14-10-8-7-9-12(14)2;/h7-10,13H,6,11H2,1-5H3,(H3,17,18,19);1H. The van der Waals surface area contributed by atoms with Gasteiger partial charge in [0.05, 0.1) is 6.54 Å². The molecule has 0 aromatic heterocycles. The molecule has 0 fully saturated rings. The van der Waals surface area contributed by atoms with Gasteiger partial charge in [-0.15, -0.1) is 24.0 Å². The van der Waals surface area contributed by atoms with Crippen molar-refractivity contribution in [2.75, 3.05) is 6.54 Å². The minimum atomic E-state index is -0.0772. The highest BCUT2D eigenvalue weighted by molar-refractivity contribution is 14.0. The summed E-state index contributed by atoms with van der Waals surface area (Å²) in [6.45, 7) is 10.8. The van der Waals surface area contributed by atoms with Crippen LogP contribution in [-0.4, -0.2) is 24.1 Å². The van der Waals surface area contributed by atoms with E-state index in [0.29, 0.717) is 12.5 Å². The fraction of sp³-hybridized carbons (Fsp3) is 0.562. The average molecular weight is 405 g/mol. The van der Waals surface area contributed by atoms with Crippen molar-refractivity contribution in [2.45, 2.75) is 52.7 Å². The second-order valence-corrected chi connectivity index (χ2v) is 6.01. The van der Waals surface area contributed by atoms with Crippen LogP contribution in [0.4, 0.5) is 0 Å². The number of rotatable bonds is 5. The normalized spacial score (nSPS) is 13.3. The number of nitrogens with zero attached hydrogens (tertiary/aromatic N) is 1. The molecule has 0 aliphatic heterocycles. The van der Waals surface area contributed by atoms with E-state index in [1.807, 2.05) is 31.2 Å². The zero-order valence-corrected chi connectivity index (χ0v) is 16.0. The minimum absolute atomic E-state index is 0. The Kier molecular flexibility index (Phi) is 8.70. The SMILES string of the molecule is CCC(CN=C(N)NC(C)(C)C)Oc1ccccc1C.I. The maximum Gasteiger partial charge on any atom is 0.189 e. The molecule has 0 spiro atoms. The van der Waals surface area contributed by atoms with Crippen molar-refractivity contribution >= 4 is 29.9 Å². The summed E-state index contributed by atoms with van der Waals surface area (Å²) in [7, 11) is 0. The Morgan fingerprint density at radius 2 is 1.95 bits per heavy atom. The highest BCUT2D eigenvalue weighted by atomic mass is 127. The van der Waals surface area contributed by atoms with Crippen LogP contribution >= 0.6 is 24.0 Å². The summed E-state index contributed by atoms with van der Waals surface area (Å²) in [5.74, 6) is 1.38. The zero-order valence-electron chi connectivity index (χ0n) is 13.6. The van der Waals surface area contributed by atoms with Gasteiger partial charge in [-0.05, 0) is 45.7 Å². The number of hydrogen-bond acceptors (Lipinski definition) is 2. The Balaban J connectivity index is 0.00000400. The molecule has 0 aliphatic rings. The first kappa shape index (κ1) is 20.0. The van der Waals surface area contributed by atoms with Gasteiger partial charge in [0.25, 0.3) is 0 Å². The summed E-state index contributed by atoms with van der Waals surface area (Å²) in [6, 6.07) is 8.01. The van der Waals surface area contributed by atoms with Crippen molar-refractivity contribution in [3.8, 4) is 5.75 Å². The predicted octanol–water partition coefficient (Wildman–Crippen LogP) is 3.47. The molecular weight excluding hydrogens is 377 g/mol. The van der Waals surface area contributed by atoms with E-state index in [1.165, 1.54) is 0 Å². The second kappa shape index (κ2) is 9.12. The van der Waals surface area contributed by atoms with Crippen LogP contribution in [-0.2, 0) is 0 Å². The second-order valence-electron chi connectivity index (χ2n) is 6.01. The Labute approximate surface area is 145 Å². The highest BCUT2D eigenvalue weighted by Gasteiger charge is 2.12. The lowest BCUT2D eigenvalue weighted by Crippen LogP contribution is -2.45. The fourth-order valence-corrected chi connectivity index (χ4v) is 1.74. The van der Waals surface area contributed by atoms with Crippen molar-refractivity contribution < 1.29 is 4.74 Å². The van der Waals surface area contributed by atoms with Gasteiger partial charge in [0.1, 0.15) is 11.9 Å². The molecule has 0 heterocycles. The van der Waals surface area contributed by atoms with Crippen molar-refractivity contribution in [1.29, 1.82) is 0 Å². The van der Waals surface area contributed by atoms with E-state index in [4.69, 9.17) is 10.5 Å². The van der Waals surface area contributed by atoms with E-state index >= 15 is 0 Å². The molecule has 5 heteroatoms. The van der Waals surface area contributed by atoms with Crippen LogP contribution in [0.3, 0.4) is 0 Å². The van der Waals surface area contributed by atoms with Gasteiger partial charge in [-0.2, -0.15) is 0 Å². The van der Waals surface area contributed by atoms with Crippen molar-refractivity contribution in [2.24, 2.45) is 10.7 Å². The number of nitrogens with two attached hydrogens (primary N) is 1. The van der Waals surface area contributed by atoms with E-state index < -0.39 is 0 Å². The Morgan fingerprint density at radius 1 is 1.33 bits per heavy atom. The Hall–Kier alpha value is -0.980. The van der Waals surface area contributed by atoms with E-state index in [9.17, 15) is 0 Å². The minimum Gasteiger partial charge on any atom is -0.488 e. The van der Waals surface area contributed by atoms with Crippen LogP contribution in [0.5, 0.6) is 5.75 Å². The summed E-state index contributed by atoms with van der Waals surface area (Å²) in [6.07, 6.45) is 0.928. The molecular formula is C16H28IN3O. The number of aryl methyl sites for hydroxylation is 1. The summed E-state index contributed by atoms with van der Waals surface area (Å²) in [5.41, 5.74) is 6.93. The lowest BCUT2D eigenvalue weighted by molar-refractivity contribution is 0.204. The van der Waals surface area contributed by atoms with Gasteiger partial charge in [0.2, 0.25) is 0 Å². The maximum atomic E-state index is 5.98. The first-order valence-electron chi connectivity index (χ1n) is 7.12. The first-order valence-corrected chi connectivity index (χ1v) is 7.12. The van der Waals surface area contributed by atoms with Crippen LogP contribution in [0.15, 0.2) is 29.3 Å². The number of para-hydroxylation sites is 1. The van der Waals surface area contributed by atoms with E-state index in [1.54, 1.807) is 0 Å². The van der Waals surface area contributed by atoms with Crippen LogP contribution in [0.1, 0.15) is 39.7 Å². The largest absolute Gasteiger partial charge is 0.488 e. The van der Waals surface area contributed by atoms with Crippen molar-refractivity contribution in [3.05, 3.63) is 29.8 Å². The third kappa shape index (κ3) is 8.14. The van der Waals surface area contributed by atoms with Crippen LogP contribution < -0.4 is 15.8 Å². The number of aliphatic imine (C=N–C) groups is 1. The van der Waals surface area contributed by atoms with Gasteiger partial charge in [-0.1, -0.05) is 25.1 Å². The molecule has 0 saturated carbocycles. The number of halogens is 1. The summed E-state index contributed by atoms with van der Waals surface area (Å²) in [4.78, 5) is 4.36. The molecule has 120 valence electrons. The average Bonchev–Trinajstić information content (AvgIpc) is 2.34. The molecule has 1 atom stereocenters. The molecule has 1 unspecified atom stereocenters. The molecule has 0 bridgehead atoms. The van der Waals surface area contributed by atoms with Crippen LogP contribution in [0, 0.1) is 6.92 Å². The van der Waals surface area contributed by atoms with Gasteiger partial charge in [-0.25, -0.2) is 4.99 Å². The molecule has 1 aromatic rings. The van der Waals surface area contributed by atoms with Gasteiger partial charge >= 0.3 is 0 Å². The summed E-state index contributed by atoms with van der Waals surface area (Å²) in [5, 5.41) is 3.15. The molecule has 0 amide bonds. The molecule has 1 rings (SSSR count). The molecule has 0 aliphatic carbocycles. The number of guanidine groups is 1. The quantitative estimate of drug-likeness (QED) is 0.448. The fourth-order valence-electron chi connectivity index (χ4n) is 1.74. The van der Waals surface area contributed by atoms with Crippen molar-refractivity contribution in [1.82, 2.24) is 5.32 Å². The van der Waals surface area contributed by atoms with Gasteiger partial charge in [0, 0.05) is 5.54 Å². The number of hydrogen-bond donors (Lipinski definition) is 2. The predicted molar refractivity (Wildman–Crippen MR) is 101 cm³/mol. The molecule has 0 saturated heterocycles. The van der Waals surface area contributed by atoms with Gasteiger partial charge < -0.3 is 15.8 Å². The maximum absolute atomic E-state index is 5.98. The topological polar surface area (TPSA) is 59.6 Å². The smallest absolute Gasteiger partial charge is 0.189 e. The Bertz CT molecular complexity index is 455. The molecule has 21 heavy (non-hydrogen) atoms. The third-order valence-corrected chi connectivity index (χ3v) is 2.81. The van der Waals surface area contributed by atoms with Gasteiger partial charge in [0.15, 0.2) is 5.96 Å². The highest BCUT2D eigenvalue weighted by Crippen LogP contribution is 2.18. The number of ether oxygens (including phenoxy) is 1. The van der Waals surface area contributed by atoms with E-state index in [-0.39, 0.29) is 35.6 Å². The van der Waals surface area contributed by atoms with Crippen LogP contribution in [0.2, 0.25) is 0 Å². The van der Waals surface area contributed by atoms with E-state index in [0.717, 1.165) is 17.7 Å². The number of nitrogens with one attached hydrogen (secondary N) is 1. The van der Waals surface area contributed by atoms with Crippen molar-refractivity contribution in [3.63, 3.8) is 0 Å². The Morgan fingerprint density at radius 3 is 2.48 bits per heavy atom. The lowest BCUT2D eigenvalue weighted by atomic mass is 10.1.